The van der Waals surface area contributed by atoms with Crippen LogP contribution in [0.4, 0.5) is 0 Å². The SMILES string of the molecule is O=[C]NCc1cc(Cl)ccc1Cl. The smallest absolute Gasteiger partial charge is 0.309 e. The van der Waals surface area contributed by atoms with Crippen LogP contribution in [0, 0.1) is 0 Å². The molecule has 0 heterocycles. The Labute approximate surface area is 80.5 Å². The van der Waals surface area contributed by atoms with Crippen molar-refractivity contribution < 1.29 is 4.79 Å². The summed E-state index contributed by atoms with van der Waals surface area (Å²) < 4.78 is 0. The summed E-state index contributed by atoms with van der Waals surface area (Å²) in [5.41, 5.74) is 0.785. The minimum absolute atomic E-state index is 0.350. The Morgan fingerprint density at radius 1 is 1.42 bits per heavy atom. The van der Waals surface area contributed by atoms with Gasteiger partial charge in [-0.25, -0.2) is 0 Å². The normalized spacial score (nSPS) is 9.50. The molecule has 0 saturated heterocycles. The first-order valence-electron chi connectivity index (χ1n) is 3.28. The van der Waals surface area contributed by atoms with E-state index in [0.717, 1.165) is 5.56 Å². The number of amides is 1. The molecule has 0 aliphatic carbocycles. The third-order valence-corrected chi connectivity index (χ3v) is 1.96. The summed E-state index contributed by atoms with van der Waals surface area (Å²) >= 11 is 11.5. The van der Waals surface area contributed by atoms with Crippen LogP contribution in [0.2, 0.25) is 10.0 Å². The van der Waals surface area contributed by atoms with Crippen LogP contribution in [0.1, 0.15) is 5.56 Å². The highest BCUT2D eigenvalue weighted by molar-refractivity contribution is 6.33. The highest BCUT2D eigenvalue weighted by Crippen LogP contribution is 2.19. The first-order valence-corrected chi connectivity index (χ1v) is 4.03. The molecule has 0 aliphatic heterocycles. The molecule has 0 fully saturated rings. The minimum atomic E-state index is 0.350. The second kappa shape index (κ2) is 4.33. The van der Waals surface area contributed by atoms with E-state index in [2.05, 4.69) is 5.32 Å². The first-order chi connectivity index (χ1) is 5.74. The van der Waals surface area contributed by atoms with Crippen molar-refractivity contribution in [1.29, 1.82) is 0 Å². The number of rotatable bonds is 3. The lowest BCUT2D eigenvalue weighted by Crippen LogP contribution is -2.09. The van der Waals surface area contributed by atoms with Crippen molar-refractivity contribution in [3.05, 3.63) is 33.8 Å². The molecule has 0 saturated carbocycles. The Hall–Kier alpha value is -0.730. The summed E-state index contributed by atoms with van der Waals surface area (Å²) in [5, 5.41) is 3.57. The van der Waals surface area contributed by atoms with E-state index < -0.39 is 0 Å². The molecule has 0 bridgehead atoms. The number of carbonyl (C=O) groups excluding carboxylic acids is 1. The highest BCUT2D eigenvalue weighted by atomic mass is 35.5. The molecule has 0 aromatic heterocycles. The Balaban J connectivity index is 2.82. The number of hydrogen-bond acceptors (Lipinski definition) is 1. The monoisotopic (exact) mass is 202 g/mol. The van der Waals surface area contributed by atoms with Crippen molar-refractivity contribution in [2.24, 2.45) is 0 Å². The molecule has 63 valence electrons. The molecule has 1 rings (SSSR count). The summed E-state index contributed by atoms with van der Waals surface area (Å²) in [6.07, 6.45) is 1.56. The van der Waals surface area contributed by atoms with Crippen molar-refractivity contribution in [3.63, 3.8) is 0 Å². The van der Waals surface area contributed by atoms with Crippen molar-refractivity contribution in [2.45, 2.75) is 6.54 Å². The molecule has 1 radical (unpaired) electrons. The zero-order chi connectivity index (χ0) is 8.97. The lowest BCUT2D eigenvalue weighted by Gasteiger charge is -2.02. The molecule has 0 atom stereocenters. The van der Waals surface area contributed by atoms with Crippen LogP contribution in [0.15, 0.2) is 18.2 Å². The quantitative estimate of drug-likeness (QED) is 0.749. The number of halogens is 2. The molecule has 1 amide bonds. The maximum Gasteiger partial charge on any atom is 0.309 e. The topological polar surface area (TPSA) is 29.1 Å². The fourth-order valence-corrected chi connectivity index (χ4v) is 1.19. The van der Waals surface area contributed by atoms with Crippen LogP contribution < -0.4 is 5.32 Å². The summed E-state index contributed by atoms with van der Waals surface area (Å²) in [4.78, 5) is 9.86. The summed E-state index contributed by atoms with van der Waals surface area (Å²) in [6.45, 7) is 0.350. The molecule has 1 aromatic carbocycles. The Bertz CT molecular complexity index is 288. The molecule has 12 heavy (non-hydrogen) atoms. The third kappa shape index (κ3) is 2.40. The van der Waals surface area contributed by atoms with Crippen LogP contribution in [0.25, 0.3) is 0 Å². The van der Waals surface area contributed by atoms with Crippen molar-refractivity contribution in [3.8, 4) is 0 Å². The van der Waals surface area contributed by atoms with Gasteiger partial charge < -0.3 is 5.32 Å². The van der Waals surface area contributed by atoms with E-state index in [9.17, 15) is 4.79 Å². The lowest BCUT2D eigenvalue weighted by atomic mass is 10.2. The maximum absolute atomic E-state index is 9.86. The fraction of sp³-hybridized carbons (Fsp3) is 0.125. The number of benzene rings is 1. The van der Waals surface area contributed by atoms with E-state index in [0.29, 0.717) is 16.6 Å². The number of hydrogen-bond donors (Lipinski definition) is 1. The van der Waals surface area contributed by atoms with Crippen molar-refractivity contribution >= 4 is 29.6 Å². The van der Waals surface area contributed by atoms with E-state index in [4.69, 9.17) is 23.2 Å². The minimum Gasteiger partial charge on any atom is -0.344 e. The molecule has 1 N–H and O–H groups in total. The molecular formula is C8H6Cl2NO. The van der Waals surface area contributed by atoms with E-state index in [1.165, 1.54) is 0 Å². The van der Waals surface area contributed by atoms with E-state index in [1.54, 1.807) is 24.6 Å². The second-order valence-corrected chi connectivity index (χ2v) is 3.03. The van der Waals surface area contributed by atoms with Gasteiger partial charge in [0, 0.05) is 16.6 Å². The Morgan fingerprint density at radius 3 is 2.83 bits per heavy atom. The molecule has 4 heteroatoms. The average Bonchev–Trinajstić information content (AvgIpc) is 2.07. The predicted molar refractivity (Wildman–Crippen MR) is 49.0 cm³/mol. The van der Waals surface area contributed by atoms with Gasteiger partial charge in [-0.05, 0) is 23.8 Å². The van der Waals surface area contributed by atoms with Crippen LogP contribution in [0.3, 0.4) is 0 Å². The molecular weight excluding hydrogens is 197 g/mol. The standard InChI is InChI=1S/C8H6Cl2NO/c9-7-1-2-8(10)6(3-7)4-11-5-12/h1-3H,4H2,(H,11,12). The molecule has 0 aliphatic rings. The van der Waals surface area contributed by atoms with E-state index >= 15 is 0 Å². The number of nitrogens with one attached hydrogen (secondary N) is 1. The van der Waals surface area contributed by atoms with Gasteiger partial charge >= 0.3 is 6.41 Å². The van der Waals surface area contributed by atoms with Gasteiger partial charge in [-0.3, -0.25) is 4.79 Å². The van der Waals surface area contributed by atoms with Gasteiger partial charge in [0.1, 0.15) is 0 Å². The Kier molecular flexibility index (Phi) is 3.38. The van der Waals surface area contributed by atoms with Crippen LogP contribution in [-0.2, 0) is 11.3 Å². The average molecular weight is 203 g/mol. The molecule has 2 nitrogen and oxygen atoms in total. The largest absolute Gasteiger partial charge is 0.344 e. The van der Waals surface area contributed by atoms with E-state index in [-0.39, 0.29) is 0 Å². The Morgan fingerprint density at radius 2 is 2.17 bits per heavy atom. The highest BCUT2D eigenvalue weighted by Gasteiger charge is 1.99. The lowest BCUT2D eigenvalue weighted by molar-refractivity contribution is 0.542. The van der Waals surface area contributed by atoms with E-state index in [1.807, 2.05) is 0 Å². The van der Waals surface area contributed by atoms with Crippen molar-refractivity contribution in [2.75, 3.05) is 0 Å². The second-order valence-electron chi connectivity index (χ2n) is 2.19. The van der Waals surface area contributed by atoms with Gasteiger partial charge in [0.05, 0.1) is 0 Å². The first kappa shape index (κ1) is 9.36. The van der Waals surface area contributed by atoms with Crippen LogP contribution in [0.5, 0.6) is 0 Å². The van der Waals surface area contributed by atoms with Gasteiger partial charge in [0.15, 0.2) is 0 Å². The van der Waals surface area contributed by atoms with Gasteiger partial charge in [0.2, 0.25) is 0 Å². The maximum atomic E-state index is 9.86. The van der Waals surface area contributed by atoms with Gasteiger partial charge in [-0.15, -0.1) is 0 Å². The zero-order valence-electron chi connectivity index (χ0n) is 6.10. The summed E-state index contributed by atoms with van der Waals surface area (Å²) in [5.74, 6) is 0. The van der Waals surface area contributed by atoms with Gasteiger partial charge in [0.25, 0.3) is 0 Å². The fourth-order valence-electron chi connectivity index (χ4n) is 0.810. The van der Waals surface area contributed by atoms with Gasteiger partial charge in [-0.2, -0.15) is 0 Å². The molecule has 0 unspecified atom stereocenters. The van der Waals surface area contributed by atoms with Crippen LogP contribution >= 0.6 is 23.2 Å². The predicted octanol–water partition coefficient (Wildman–Crippen LogP) is 2.15. The molecule has 0 spiro atoms. The third-order valence-electron chi connectivity index (χ3n) is 1.36. The van der Waals surface area contributed by atoms with Crippen LogP contribution in [-0.4, -0.2) is 6.41 Å². The van der Waals surface area contributed by atoms with Gasteiger partial charge in [-0.1, -0.05) is 23.2 Å². The zero-order valence-corrected chi connectivity index (χ0v) is 7.62. The molecule has 1 aromatic rings. The summed E-state index contributed by atoms with van der Waals surface area (Å²) in [7, 11) is 0. The summed E-state index contributed by atoms with van der Waals surface area (Å²) in [6, 6.07) is 5.08. The van der Waals surface area contributed by atoms with Crippen molar-refractivity contribution in [1.82, 2.24) is 5.32 Å².